The number of aromatic hydroxyl groups is 2. The highest BCUT2D eigenvalue weighted by Crippen LogP contribution is 2.28. The minimum Gasteiger partial charge on any atom is -0.508 e. The summed E-state index contributed by atoms with van der Waals surface area (Å²) in [7, 11) is -1.51. The molecule has 0 spiro atoms. The summed E-state index contributed by atoms with van der Waals surface area (Å²) in [5.41, 5.74) is 3.16. The number of aromatic nitrogens is 8. The number of carbonyl (C=O) groups is 2. The standard InChI is InChI=1S/C15H13ClN4O3.C9H8Cl2N4O2.C6H7BO3/c1-2-23-11(22)7-20-8-17-13-12(18-15(16)19-14(13)20)9-4-3-5-10(21)6-9;1-2-17-5(16)3-15-4-12-6-7(10)13-9(11)14-8(6)15;8-6-3-1-2-5(4-6)7(9)10/h3-6,8,21H,2,7H2,1H3;4H,2-3H2,1H3;1-4,8-10H. The molecule has 2 aromatic carbocycles. The predicted octanol–water partition coefficient (Wildman–Crippen LogP) is 3.18. The third kappa shape index (κ3) is 9.99. The molecule has 4 heterocycles. The van der Waals surface area contributed by atoms with Crippen molar-refractivity contribution >= 4 is 81.7 Å². The van der Waals surface area contributed by atoms with Gasteiger partial charge in [-0.3, -0.25) is 9.59 Å². The Morgan fingerprint density at radius 3 is 1.78 bits per heavy atom. The first-order valence-electron chi connectivity index (χ1n) is 14.6. The second-order valence-corrected chi connectivity index (χ2v) is 10.9. The van der Waals surface area contributed by atoms with Crippen LogP contribution in [0.1, 0.15) is 13.8 Å². The zero-order chi connectivity index (χ0) is 36.4. The Hall–Kier alpha value is -5.07. The second-order valence-electron chi connectivity index (χ2n) is 9.84. The number of benzene rings is 2. The molecule has 50 heavy (non-hydrogen) atoms. The number of fused-ring (bicyclic) bond motifs is 2. The number of phenolic OH excluding ortho intramolecular Hbond substituents is 2. The first-order valence-corrected chi connectivity index (χ1v) is 15.7. The minimum absolute atomic E-state index is 0.00751. The average Bonchev–Trinajstić information content (AvgIpc) is 3.65. The van der Waals surface area contributed by atoms with Gasteiger partial charge in [0.05, 0.1) is 25.9 Å². The molecule has 20 heteroatoms. The molecule has 6 aromatic rings. The van der Waals surface area contributed by atoms with Gasteiger partial charge in [-0.25, -0.2) is 19.9 Å². The van der Waals surface area contributed by atoms with Crippen molar-refractivity contribution in [1.29, 1.82) is 0 Å². The molecule has 0 bridgehead atoms. The third-order valence-electron chi connectivity index (χ3n) is 6.33. The lowest BCUT2D eigenvalue weighted by Crippen LogP contribution is -2.29. The first-order chi connectivity index (χ1) is 23.9. The number of phenols is 2. The Kier molecular flexibility index (Phi) is 13.2. The van der Waals surface area contributed by atoms with Crippen LogP contribution in [0.25, 0.3) is 33.6 Å². The normalized spacial score (nSPS) is 10.5. The van der Waals surface area contributed by atoms with E-state index in [-0.39, 0.29) is 52.2 Å². The highest BCUT2D eigenvalue weighted by atomic mass is 35.5. The van der Waals surface area contributed by atoms with E-state index in [0.717, 1.165) is 0 Å². The van der Waals surface area contributed by atoms with Crippen LogP contribution < -0.4 is 5.46 Å². The number of imidazole rings is 2. The maximum Gasteiger partial charge on any atom is 0.488 e. The Bertz CT molecular complexity index is 2110. The molecule has 6 rings (SSSR count). The van der Waals surface area contributed by atoms with Gasteiger partial charge in [0, 0.05) is 5.56 Å². The molecule has 0 unspecified atom stereocenters. The van der Waals surface area contributed by atoms with Crippen molar-refractivity contribution in [3.05, 3.63) is 76.9 Å². The quantitative estimate of drug-likeness (QED) is 0.0761. The maximum atomic E-state index is 11.7. The van der Waals surface area contributed by atoms with E-state index in [1.54, 1.807) is 48.7 Å². The van der Waals surface area contributed by atoms with Gasteiger partial charge in [-0.1, -0.05) is 35.9 Å². The van der Waals surface area contributed by atoms with Gasteiger partial charge in [-0.05, 0) is 66.8 Å². The van der Waals surface area contributed by atoms with Crippen LogP contribution >= 0.6 is 34.8 Å². The summed E-state index contributed by atoms with van der Waals surface area (Å²) in [5.74, 6) is -0.625. The number of hydrogen-bond acceptors (Lipinski definition) is 14. The number of carbonyl (C=O) groups excluding carboxylic acids is 2. The molecule has 0 fully saturated rings. The van der Waals surface area contributed by atoms with Crippen molar-refractivity contribution in [3.63, 3.8) is 0 Å². The second kappa shape index (κ2) is 17.5. The molecule has 4 aromatic heterocycles. The van der Waals surface area contributed by atoms with Crippen molar-refractivity contribution in [2.45, 2.75) is 26.9 Å². The van der Waals surface area contributed by atoms with E-state index in [4.69, 9.17) is 59.4 Å². The summed E-state index contributed by atoms with van der Waals surface area (Å²) in [6.07, 6.45) is 2.93. The highest BCUT2D eigenvalue weighted by Gasteiger charge is 2.17. The Morgan fingerprint density at radius 2 is 1.26 bits per heavy atom. The summed E-state index contributed by atoms with van der Waals surface area (Å²) in [6.45, 7) is 4.09. The molecule has 4 N–H and O–H groups in total. The molecular weight excluding hydrogens is 718 g/mol. The van der Waals surface area contributed by atoms with Crippen LogP contribution in [0.5, 0.6) is 11.5 Å². The number of nitrogens with zero attached hydrogens (tertiary/aromatic N) is 8. The number of hydrogen-bond donors (Lipinski definition) is 4. The van der Waals surface area contributed by atoms with E-state index in [1.165, 1.54) is 35.4 Å². The van der Waals surface area contributed by atoms with E-state index in [0.29, 0.717) is 52.3 Å². The van der Waals surface area contributed by atoms with Gasteiger partial charge in [-0.2, -0.15) is 9.97 Å². The number of halogens is 3. The molecular formula is C30H28BCl3N8O8. The molecule has 0 saturated carbocycles. The number of rotatable bonds is 8. The largest absolute Gasteiger partial charge is 0.508 e. The van der Waals surface area contributed by atoms with Crippen molar-refractivity contribution in [3.8, 4) is 22.8 Å². The van der Waals surface area contributed by atoms with Crippen LogP contribution in [0.2, 0.25) is 15.7 Å². The zero-order valence-corrected chi connectivity index (χ0v) is 28.6. The molecule has 0 amide bonds. The van der Waals surface area contributed by atoms with E-state index < -0.39 is 7.12 Å². The molecule has 16 nitrogen and oxygen atoms in total. The predicted molar refractivity (Wildman–Crippen MR) is 184 cm³/mol. The molecule has 0 aliphatic carbocycles. The average molecular weight is 746 g/mol. The molecule has 0 aliphatic heterocycles. The summed E-state index contributed by atoms with van der Waals surface area (Å²) in [4.78, 5) is 47.3. The summed E-state index contributed by atoms with van der Waals surface area (Å²) >= 11 is 17.5. The van der Waals surface area contributed by atoms with Gasteiger partial charge in [0.25, 0.3) is 0 Å². The summed E-state index contributed by atoms with van der Waals surface area (Å²) in [6, 6.07) is 12.4. The van der Waals surface area contributed by atoms with Gasteiger partial charge in [0.1, 0.15) is 41.3 Å². The zero-order valence-electron chi connectivity index (χ0n) is 26.3. The monoisotopic (exact) mass is 744 g/mol. The topological polar surface area (TPSA) is 221 Å². The highest BCUT2D eigenvalue weighted by molar-refractivity contribution is 6.58. The van der Waals surface area contributed by atoms with Crippen LogP contribution in [0.3, 0.4) is 0 Å². The third-order valence-corrected chi connectivity index (χ3v) is 6.93. The number of esters is 2. The summed E-state index contributed by atoms with van der Waals surface area (Å²) in [5, 5.41) is 35.9. The smallest absolute Gasteiger partial charge is 0.488 e. The van der Waals surface area contributed by atoms with Crippen LogP contribution in [0, 0.1) is 0 Å². The van der Waals surface area contributed by atoms with Crippen LogP contribution in [0.15, 0.2) is 61.2 Å². The maximum absolute atomic E-state index is 11.7. The summed E-state index contributed by atoms with van der Waals surface area (Å²) < 4.78 is 12.8. The van der Waals surface area contributed by atoms with Gasteiger partial charge in [0.2, 0.25) is 10.6 Å². The van der Waals surface area contributed by atoms with Gasteiger partial charge in [-0.15, -0.1) is 0 Å². The fourth-order valence-corrected chi connectivity index (χ4v) is 4.85. The minimum atomic E-state index is -1.51. The van der Waals surface area contributed by atoms with Gasteiger partial charge < -0.3 is 38.9 Å². The van der Waals surface area contributed by atoms with Crippen LogP contribution in [-0.4, -0.2) is 91.6 Å². The Balaban J connectivity index is 0.000000182. The number of ether oxygens (including phenoxy) is 2. The SMILES string of the molecule is CCOC(=O)Cn1cnc2c(-c3cccc(O)c3)nc(Cl)nc21.CCOC(=O)Cn1cnc2c(Cl)nc(Cl)nc21.OB(O)c1cccc(O)c1. The van der Waals surface area contributed by atoms with E-state index in [9.17, 15) is 14.7 Å². The molecule has 0 aliphatic rings. The van der Waals surface area contributed by atoms with Crippen LogP contribution in [-0.2, 0) is 32.2 Å². The van der Waals surface area contributed by atoms with Crippen molar-refractivity contribution < 1.29 is 39.3 Å². The lowest BCUT2D eigenvalue weighted by atomic mass is 9.80. The molecule has 0 atom stereocenters. The van der Waals surface area contributed by atoms with Crippen LogP contribution in [0.4, 0.5) is 0 Å². The van der Waals surface area contributed by atoms with Crippen molar-refractivity contribution in [1.82, 2.24) is 39.0 Å². The van der Waals surface area contributed by atoms with Crippen molar-refractivity contribution in [2.24, 2.45) is 0 Å². The first kappa shape index (κ1) is 37.7. The van der Waals surface area contributed by atoms with Crippen molar-refractivity contribution in [2.75, 3.05) is 13.2 Å². The molecule has 0 saturated heterocycles. The molecule has 0 radical (unpaired) electrons. The molecule has 260 valence electrons. The van der Waals surface area contributed by atoms with E-state index >= 15 is 0 Å². The van der Waals surface area contributed by atoms with E-state index in [2.05, 4.69) is 29.9 Å². The Labute approximate surface area is 299 Å². The fraction of sp³-hybridized carbons (Fsp3) is 0.200. The fourth-order valence-electron chi connectivity index (χ4n) is 4.27. The lowest BCUT2D eigenvalue weighted by Gasteiger charge is -2.06. The van der Waals surface area contributed by atoms with Gasteiger partial charge in [0.15, 0.2) is 16.4 Å². The lowest BCUT2D eigenvalue weighted by molar-refractivity contribution is -0.144. The Morgan fingerprint density at radius 1 is 0.740 bits per heavy atom. The van der Waals surface area contributed by atoms with Gasteiger partial charge >= 0.3 is 19.1 Å². The van der Waals surface area contributed by atoms with E-state index in [1.807, 2.05) is 0 Å².